The van der Waals surface area contributed by atoms with Crippen molar-refractivity contribution in [3.05, 3.63) is 71.1 Å². The van der Waals surface area contributed by atoms with Gasteiger partial charge in [0.15, 0.2) is 5.75 Å². The SMILES string of the molecule is C#CCC(CC)C(=O)OCc1cnc(C)c(OC(=O)CCC/C=C\C[C@@H]2[C@@H](CC[C@@H](O)CCc3ccccc3)[C@H](O)C[C@@H]2O)c1COC(=O)C(CC)CC#C. The van der Waals surface area contributed by atoms with Gasteiger partial charge in [0.05, 0.1) is 35.8 Å². The number of aliphatic hydroxyl groups is 3. The number of benzene rings is 1. The van der Waals surface area contributed by atoms with Crippen molar-refractivity contribution in [2.24, 2.45) is 23.7 Å². The van der Waals surface area contributed by atoms with E-state index in [2.05, 4.69) is 16.8 Å². The van der Waals surface area contributed by atoms with Gasteiger partial charge in [0.1, 0.15) is 13.2 Å². The van der Waals surface area contributed by atoms with Crippen molar-refractivity contribution in [2.45, 2.75) is 136 Å². The van der Waals surface area contributed by atoms with E-state index in [0.29, 0.717) is 74.6 Å². The molecule has 10 heteroatoms. The van der Waals surface area contributed by atoms with E-state index >= 15 is 0 Å². The number of aromatic nitrogens is 1. The molecule has 1 saturated carbocycles. The molecule has 0 saturated heterocycles. The first-order valence-electron chi connectivity index (χ1n) is 19.6. The van der Waals surface area contributed by atoms with Crippen LogP contribution in [0.2, 0.25) is 0 Å². The average molecular weight is 758 g/mol. The van der Waals surface area contributed by atoms with Crippen LogP contribution in [-0.4, -0.2) is 56.5 Å². The number of carbonyl (C=O) groups excluding carboxylic acids is 3. The van der Waals surface area contributed by atoms with Gasteiger partial charge in [-0.2, -0.15) is 0 Å². The van der Waals surface area contributed by atoms with Crippen molar-refractivity contribution in [3.8, 4) is 30.4 Å². The maximum absolute atomic E-state index is 13.1. The highest BCUT2D eigenvalue weighted by Gasteiger charge is 2.40. The molecule has 3 rings (SSSR count). The molecule has 2 unspecified atom stereocenters. The third kappa shape index (κ3) is 14.6. The molecule has 3 N–H and O–H groups in total. The Morgan fingerprint density at radius 3 is 2.20 bits per heavy atom. The Labute approximate surface area is 327 Å². The summed E-state index contributed by atoms with van der Waals surface area (Å²) >= 11 is 0. The minimum atomic E-state index is -0.619. The van der Waals surface area contributed by atoms with Crippen LogP contribution in [0.5, 0.6) is 5.75 Å². The summed E-state index contributed by atoms with van der Waals surface area (Å²) in [5.74, 6) is 2.53. The molecule has 1 aliphatic carbocycles. The number of allylic oxidation sites excluding steroid dienone is 2. The van der Waals surface area contributed by atoms with Gasteiger partial charge in [0, 0.05) is 36.6 Å². The molecular weight excluding hydrogens is 698 g/mol. The molecule has 1 heterocycles. The van der Waals surface area contributed by atoms with Gasteiger partial charge in [-0.05, 0) is 88.5 Å². The minimum absolute atomic E-state index is 0.0980. The lowest BCUT2D eigenvalue weighted by molar-refractivity contribution is -0.151. The highest BCUT2D eigenvalue weighted by molar-refractivity contribution is 5.75. The number of nitrogens with zero attached hydrogens (tertiary/aromatic N) is 1. The van der Waals surface area contributed by atoms with Gasteiger partial charge in [-0.25, -0.2) is 0 Å². The summed E-state index contributed by atoms with van der Waals surface area (Å²) in [5, 5.41) is 32.0. The molecule has 1 fully saturated rings. The number of terminal acetylenes is 2. The van der Waals surface area contributed by atoms with Crippen LogP contribution in [-0.2, 0) is 43.5 Å². The highest BCUT2D eigenvalue weighted by Crippen LogP contribution is 2.38. The number of aliphatic hydroxyl groups excluding tert-OH is 3. The van der Waals surface area contributed by atoms with Crippen molar-refractivity contribution >= 4 is 17.9 Å². The summed E-state index contributed by atoms with van der Waals surface area (Å²) in [6, 6.07) is 10.0. The predicted octanol–water partition coefficient (Wildman–Crippen LogP) is 6.73. The molecule has 0 bridgehead atoms. The first-order valence-corrected chi connectivity index (χ1v) is 19.6. The average Bonchev–Trinajstić information content (AvgIpc) is 3.45. The Kier molecular flexibility index (Phi) is 19.7. The molecule has 0 spiro atoms. The van der Waals surface area contributed by atoms with E-state index in [4.69, 9.17) is 27.1 Å². The van der Waals surface area contributed by atoms with E-state index < -0.39 is 48.1 Å². The van der Waals surface area contributed by atoms with E-state index in [1.54, 1.807) is 6.92 Å². The lowest BCUT2D eigenvalue weighted by Gasteiger charge is -2.23. The van der Waals surface area contributed by atoms with Crippen molar-refractivity contribution in [2.75, 3.05) is 0 Å². The molecule has 2 aromatic rings. The van der Waals surface area contributed by atoms with Crippen LogP contribution in [0.3, 0.4) is 0 Å². The van der Waals surface area contributed by atoms with E-state index in [-0.39, 0.29) is 50.1 Å². The second kappa shape index (κ2) is 24.1. The quantitative estimate of drug-likeness (QED) is 0.0482. The molecule has 1 aromatic heterocycles. The van der Waals surface area contributed by atoms with Crippen LogP contribution in [0.15, 0.2) is 48.7 Å². The molecule has 7 atom stereocenters. The maximum atomic E-state index is 13.1. The first-order chi connectivity index (χ1) is 26.5. The van der Waals surface area contributed by atoms with Crippen molar-refractivity contribution in [3.63, 3.8) is 0 Å². The maximum Gasteiger partial charge on any atom is 0.311 e. The van der Waals surface area contributed by atoms with Gasteiger partial charge in [-0.15, -0.1) is 24.7 Å². The second-order valence-electron chi connectivity index (χ2n) is 14.4. The van der Waals surface area contributed by atoms with Crippen molar-refractivity contribution in [1.82, 2.24) is 4.98 Å². The van der Waals surface area contributed by atoms with Gasteiger partial charge in [0.25, 0.3) is 0 Å². The van der Waals surface area contributed by atoms with E-state index in [1.165, 1.54) is 11.8 Å². The fourth-order valence-electron chi connectivity index (χ4n) is 7.01. The van der Waals surface area contributed by atoms with Gasteiger partial charge >= 0.3 is 17.9 Å². The minimum Gasteiger partial charge on any atom is -0.460 e. The Balaban J connectivity index is 1.57. The van der Waals surface area contributed by atoms with Gasteiger partial charge in [-0.1, -0.05) is 56.3 Å². The number of aryl methyl sites for hydroxylation is 2. The number of hydrogen-bond donors (Lipinski definition) is 3. The number of rotatable bonds is 23. The summed E-state index contributed by atoms with van der Waals surface area (Å²) in [4.78, 5) is 43.0. The number of hydrogen-bond acceptors (Lipinski definition) is 10. The topological polar surface area (TPSA) is 152 Å². The van der Waals surface area contributed by atoms with Crippen molar-refractivity contribution in [1.29, 1.82) is 0 Å². The third-order valence-corrected chi connectivity index (χ3v) is 10.5. The Morgan fingerprint density at radius 1 is 0.927 bits per heavy atom. The van der Waals surface area contributed by atoms with E-state index in [0.717, 1.165) is 6.42 Å². The molecule has 1 aliphatic rings. The number of esters is 3. The standard InChI is InChI=1S/C45H59NO9/c1-6-17-33(8-3)44(51)53-29-35-28-46-31(5)43(39(35)30-54-45(52)34(9-4)18-7-2)55-42(50)22-16-11-10-15-21-37-38(41(49)27-40(37)48)26-25-36(47)24-23-32-19-13-12-14-20-32/h1-2,10,12-15,19-20,28,33-34,36-38,40-41,47-49H,8-9,11,16-18,21-27,29-30H2,3-5H3/b15-10-/t33?,34?,36-,37+,38+,40-,41+/m0/s1. The number of ether oxygens (including phenoxy) is 3. The zero-order valence-corrected chi connectivity index (χ0v) is 32.7. The van der Waals surface area contributed by atoms with Crippen LogP contribution >= 0.6 is 0 Å². The molecule has 0 aliphatic heterocycles. The molecule has 0 radical (unpaired) electrons. The van der Waals surface area contributed by atoms with Crippen LogP contribution in [0.4, 0.5) is 0 Å². The van der Waals surface area contributed by atoms with Gasteiger partial charge in [0.2, 0.25) is 0 Å². The summed E-state index contributed by atoms with van der Waals surface area (Å²) in [5.41, 5.74) is 2.38. The van der Waals surface area contributed by atoms with E-state index in [9.17, 15) is 29.7 Å². The molecule has 55 heavy (non-hydrogen) atoms. The number of carbonyl (C=O) groups is 3. The molecule has 10 nitrogen and oxygen atoms in total. The van der Waals surface area contributed by atoms with Crippen LogP contribution < -0.4 is 4.74 Å². The first kappa shape index (κ1) is 44.9. The second-order valence-corrected chi connectivity index (χ2v) is 14.4. The van der Waals surface area contributed by atoms with Crippen LogP contribution in [0, 0.1) is 55.3 Å². The molecular formula is C45H59NO9. The van der Waals surface area contributed by atoms with E-state index in [1.807, 2.05) is 56.3 Å². The van der Waals surface area contributed by atoms with Gasteiger partial charge in [-0.3, -0.25) is 19.4 Å². The lowest BCUT2D eigenvalue weighted by Crippen LogP contribution is -2.23. The monoisotopic (exact) mass is 757 g/mol. The Morgan fingerprint density at radius 2 is 1.56 bits per heavy atom. The highest BCUT2D eigenvalue weighted by atomic mass is 16.6. The third-order valence-electron chi connectivity index (χ3n) is 10.5. The fourth-order valence-corrected chi connectivity index (χ4v) is 7.01. The number of pyridine rings is 1. The normalized spacial score (nSPS) is 19.6. The molecule has 0 amide bonds. The Bertz CT molecular complexity index is 1630. The molecule has 298 valence electrons. The molecule has 1 aromatic carbocycles. The zero-order chi connectivity index (χ0) is 40.2. The fraction of sp³-hybridized carbons (Fsp3) is 0.556. The Hall–Kier alpha value is -4.48. The number of unbranched alkanes of at least 4 members (excludes halogenated alkanes) is 1. The van der Waals surface area contributed by atoms with Crippen LogP contribution in [0.25, 0.3) is 0 Å². The predicted molar refractivity (Wildman–Crippen MR) is 210 cm³/mol. The van der Waals surface area contributed by atoms with Crippen molar-refractivity contribution < 1.29 is 43.9 Å². The summed E-state index contributed by atoms with van der Waals surface area (Å²) < 4.78 is 17.0. The summed E-state index contributed by atoms with van der Waals surface area (Å²) in [6.07, 6.45) is 20.8. The largest absolute Gasteiger partial charge is 0.460 e. The van der Waals surface area contributed by atoms with Crippen LogP contribution in [0.1, 0.15) is 113 Å². The zero-order valence-electron chi connectivity index (χ0n) is 32.7. The smallest absolute Gasteiger partial charge is 0.311 e. The summed E-state index contributed by atoms with van der Waals surface area (Å²) in [6.45, 7) is 4.94. The summed E-state index contributed by atoms with van der Waals surface area (Å²) in [7, 11) is 0. The lowest BCUT2D eigenvalue weighted by atomic mass is 9.85. The van der Waals surface area contributed by atoms with Gasteiger partial charge < -0.3 is 29.5 Å².